The van der Waals surface area contributed by atoms with Crippen molar-refractivity contribution in [2.45, 2.75) is 206 Å². The van der Waals surface area contributed by atoms with Gasteiger partial charge in [-0.15, -0.1) is 0 Å². The Kier molecular flexibility index (Phi) is 18.7. The van der Waals surface area contributed by atoms with Crippen LogP contribution in [0.3, 0.4) is 0 Å². The van der Waals surface area contributed by atoms with Crippen molar-refractivity contribution in [1.29, 1.82) is 0 Å². The third kappa shape index (κ3) is 14.2. The van der Waals surface area contributed by atoms with Gasteiger partial charge in [0, 0.05) is 36.6 Å². The number of benzene rings is 2. The van der Waals surface area contributed by atoms with E-state index in [4.69, 9.17) is 24.7 Å². The van der Waals surface area contributed by atoms with Gasteiger partial charge in [0.25, 0.3) is 0 Å². The molecule has 0 unspecified atom stereocenters. The van der Waals surface area contributed by atoms with Crippen LogP contribution in [0.2, 0.25) is 0 Å². The molecule has 59 heavy (non-hydrogen) atoms. The van der Waals surface area contributed by atoms with Crippen LogP contribution in [0.25, 0.3) is 0 Å². The second-order valence-electron chi connectivity index (χ2n) is 18.6. The molecule has 0 atom stereocenters. The maximum absolute atomic E-state index is 7.05. The zero-order valence-corrected chi connectivity index (χ0v) is 37.7. The number of unbranched alkanes of at least 4 members (excludes halogenated alkanes) is 8. The summed E-state index contributed by atoms with van der Waals surface area (Å²) in [6, 6.07) is 14.1. The second-order valence-corrected chi connectivity index (χ2v) is 18.6. The molecule has 0 N–H and O–H groups in total. The summed E-state index contributed by atoms with van der Waals surface area (Å²) < 4.78 is 7.05. The van der Waals surface area contributed by atoms with Gasteiger partial charge in [0.05, 0.1) is 0 Å². The molecule has 0 bridgehead atoms. The molecule has 2 aromatic carbocycles. The summed E-state index contributed by atoms with van der Waals surface area (Å²) >= 11 is 0. The Balaban J connectivity index is 1.06. The first-order valence-corrected chi connectivity index (χ1v) is 24.6. The molecular formula is C54H78N4O. The van der Waals surface area contributed by atoms with E-state index in [-0.39, 0.29) is 0 Å². The van der Waals surface area contributed by atoms with Gasteiger partial charge in [0.15, 0.2) is 0 Å². The van der Waals surface area contributed by atoms with Crippen molar-refractivity contribution in [2.75, 3.05) is 0 Å². The van der Waals surface area contributed by atoms with Crippen molar-refractivity contribution in [3.05, 3.63) is 106 Å². The van der Waals surface area contributed by atoms with Crippen molar-refractivity contribution in [3.63, 3.8) is 0 Å². The number of nitrogens with zero attached hydrogens (tertiary/aromatic N) is 4. The Morgan fingerprint density at radius 2 is 0.814 bits per heavy atom. The van der Waals surface area contributed by atoms with Crippen molar-refractivity contribution < 1.29 is 4.74 Å². The van der Waals surface area contributed by atoms with Crippen LogP contribution >= 0.6 is 0 Å². The fourth-order valence-electron chi connectivity index (χ4n) is 9.94. The smallest absolute Gasteiger partial charge is 0.131 e. The van der Waals surface area contributed by atoms with Gasteiger partial charge in [-0.3, -0.25) is 0 Å². The van der Waals surface area contributed by atoms with Gasteiger partial charge in [-0.2, -0.15) is 0 Å². The van der Waals surface area contributed by atoms with Crippen LogP contribution in [0.15, 0.2) is 61.2 Å². The fraction of sp³-hybridized carbons (Fsp3) is 0.630. The molecule has 2 saturated carbocycles. The molecule has 0 radical (unpaired) electrons. The molecule has 0 saturated heterocycles. The lowest BCUT2D eigenvalue weighted by atomic mass is 9.78. The summed E-state index contributed by atoms with van der Waals surface area (Å²) in [5, 5.41) is 0. The van der Waals surface area contributed by atoms with Gasteiger partial charge in [-0.25, -0.2) is 19.9 Å². The standard InChI is InChI=1S/C54H78N4O/c1-5-9-11-13-15-19-45-37-55-53(56-38-45)47-27-21-43(22-28-47)35-49-33-41(17-7-3)25-31-51(49)59-52-32-26-42(18-8-4)34-50(52)36-44-23-29-48(30-24-44)54-57-39-46(40-58-54)20-16-14-12-10-6-2/h25-26,31-34,37-40,43-44,47-48H,5-24,27-30,35-36H2,1-4H3. The van der Waals surface area contributed by atoms with E-state index in [2.05, 4.69) is 88.9 Å². The molecular weight excluding hydrogens is 721 g/mol. The van der Waals surface area contributed by atoms with E-state index in [1.807, 2.05) is 0 Å². The number of aryl methyl sites for hydroxylation is 4. The second kappa shape index (κ2) is 24.6. The van der Waals surface area contributed by atoms with E-state index in [9.17, 15) is 0 Å². The highest BCUT2D eigenvalue weighted by atomic mass is 16.5. The minimum atomic E-state index is 0.481. The summed E-state index contributed by atoms with van der Waals surface area (Å²) in [7, 11) is 0. The highest BCUT2D eigenvalue weighted by Gasteiger charge is 2.27. The lowest BCUT2D eigenvalue weighted by molar-refractivity contribution is 0.312. The number of aromatic nitrogens is 4. The summed E-state index contributed by atoms with van der Waals surface area (Å²) in [6.45, 7) is 9.12. The first kappa shape index (κ1) is 44.9. The van der Waals surface area contributed by atoms with Crippen LogP contribution in [-0.2, 0) is 38.5 Å². The highest BCUT2D eigenvalue weighted by Crippen LogP contribution is 2.41. The van der Waals surface area contributed by atoms with Crippen molar-refractivity contribution in [3.8, 4) is 11.5 Å². The molecule has 2 aliphatic carbocycles. The molecule has 4 aromatic rings. The molecule has 2 aliphatic rings. The molecule has 5 nitrogen and oxygen atoms in total. The fourth-order valence-corrected chi connectivity index (χ4v) is 9.94. The average Bonchev–Trinajstić information content (AvgIpc) is 3.26. The molecule has 6 rings (SSSR count). The SMILES string of the molecule is CCCCCCCc1cnc(C2CCC(Cc3cc(CCC)ccc3Oc3ccc(CCC)cc3CC3CCC(c4ncc(CCCCCCC)cn4)CC3)CC2)nc1. The third-order valence-corrected chi connectivity index (χ3v) is 13.6. The van der Waals surface area contributed by atoms with Gasteiger partial charge in [0.2, 0.25) is 0 Å². The van der Waals surface area contributed by atoms with Crippen LogP contribution in [0.5, 0.6) is 11.5 Å². The van der Waals surface area contributed by atoms with Crippen LogP contribution in [0, 0.1) is 11.8 Å². The number of ether oxygens (including phenoxy) is 1. The predicted octanol–water partition coefficient (Wildman–Crippen LogP) is 15.0. The minimum Gasteiger partial charge on any atom is -0.457 e. The maximum atomic E-state index is 7.05. The topological polar surface area (TPSA) is 60.8 Å². The summed E-state index contributed by atoms with van der Waals surface area (Å²) in [4.78, 5) is 19.5. The Hall–Kier alpha value is -3.60. The van der Waals surface area contributed by atoms with Crippen molar-refractivity contribution in [1.82, 2.24) is 19.9 Å². The third-order valence-electron chi connectivity index (χ3n) is 13.6. The van der Waals surface area contributed by atoms with E-state index in [0.29, 0.717) is 23.7 Å². The monoisotopic (exact) mass is 799 g/mol. The number of rotatable bonds is 24. The largest absolute Gasteiger partial charge is 0.457 e. The van der Waals surface area contributed by atoms with E-state index in [1.54, 1.807) is 0 Å². The summed E-state index contributed by atoms with van der Waals surface area (Å²) in [5.74, 6) is 6.50. The first-order valence-electron chi connectivity index (χ1n) is 24.6. The van der Waals surface area contributed by atoms with Crippen LogP contribution < -0.4 is 4.74 Å². The number of hydrogen-bond donors (Lipinski definition) is 0. The Labute approximate surface area is 359 Å². The summed E-state index contributed by atoms with van der Waals surface area (Å²) in [5.41, 5.74) is 8.21. The van der Waals surface area contributed by atoms with Crippen molar-refractivity contribution in [2.24, 2.45) is 11.8 Å². The van der Waals surface area contributed by atoms with Gasteiger partial charge in [0.1, 0.15) is 23.1 Å². The lowest BCUT2D eigenvalue weighted by Gasteiger charge is -2.29. The van der Waals surface area contributed by atoms with E-state index in [1.165, 1.54) is 149 Å². The van der Waals surface area contributed by atoms with Crippen molar-refractivity contribution >= 4 is 0 Å². The van der Waals surface area contributed by atoms with E-state index in [0.717, 1.165) is 74.5 Å². The minimum absolute atomic E-state index is 0.481. The molecule has 2 fully saturated rings. The molecule has 320 valence electrons. The molecule has 2 aromatic heterocycles. The molecule has 0 aliphatic heterocycles. The highest BCUT2D eigenvalue weighted by molar-refractivity contribution is 5.45. The van der Waals surface area contributed by atoms with E-state index < -0.39 is 0 Å². The Bertz CT molecular complexity index is 1640. The Morgan fingerprint density at radius 3 is 1.19 bits per heavy atom. The van der Waals surface area contributed by atoms with E-state index >= 15 is 0 Å². The zero-order valence-electron chi connectivity index (χ0n) is 37.7. The summed E-state index contributed by atoms with van der Waals surface area (Å²) in [6.07, 6.45) is 40.0. The maximum Gasteiger partial charge on any atom is 0.131 e. The molecule has 2 heterocycles. The normalized spacial score (nSPS) is 19.5. The lowest BCUT2D eigenvalue weighted by Crippen LogP contribution is -2.18. The first-order chi connectivity index (χ1) is 29.0. The molecule has 0 spiro atoms. The van der Waals surface area contributed by atoms with Crippen LogP contribution in [-0.4, -0.2) is 19.9 Å². The van der Waals surface area contributed by atoms with Gasteiger partial charge < -0.3 is 4.74 Å². The quantitative estimate of drug-likeness (QED) is 0.0661. The Morgan fingerprint density at radius 1 is 0.424 bits per heavy atom. The predicted molar refractivity (Wildman–Crippen MR) is 247 cm³/mol. The van der Waals surface area contributed by atoms with Gasteiger partial charge in [-0.1, -0.05) is 116 Å². The average molecular weight is 799 g/mol. The van der Waals surface area contributed by atoms with Gasteiger partial charge in [-0.05, 0) is 160 Å². The molecule has 0 amide bonds. The van der Waals surface area contributed by atoms with Crippen LogP contribution in [0.4, 0.5) is 0 Å². The van der Waals surface area contributed by atoms with Gasteiger partial charge >= 0.3 is 0 Å². The van der Waals surface area contributed by atoms with Crippen LogP contribution in [0.1, 0.15) is 213 Å². The number of hydrogen-bond acceptors (Lipinski definition) is 5. The zero-order chi connectivity index (χ0) is 41.1. The molecule has 5 heteroatoms.